The molecule has 0 fully saturated rings. The molecule has 3 rings (SSSR count). The van der Waals surface area contributed by atoms with Crippen LogP contribution in [0.5, 0.6) is 0 Å². The zero-order valence-corrected chi connectivity index (χ0v) is 14.8. The number of rotatable bonds is 4. The fraction of sp³-hybridized carbons (Fsp3) is 0.0714. The number of alkyl halides is 3. The minimum absolute atomic E-state index is 0.0337. The van der Waals surface area contributed by atoms with E-state index in [1.54, 1.807) is 0 Å². The van der Waals surface area contributed by atoms with Gasteiger partial charge in [0.15, 0.2) is 0 Å². The highest BCUT2D eigenvalue weighted by atomic mass is 35.5. The van der Waals surface area contributed by atoms with Crippen LogP contribution >= 0.6 is 22.9 Å². The number of aromatic amines is 1. The third kappa shape index (κ3) is 3.84. The highest BCUT2D eigenvalue weighted by Gasteiger charge is 2.33. The maximum Gasteiger partial charge on any atom is 0.432 e. The third-order valence-electron chi connectivity index (χ3n) is 3.15. The van der Waals surface area contributed by atoms with Crippen molar-refractivity contribution in [2.24, 2.45) is 0 Å². The lowest BCUT2D eigenvalue weighted by molar-refractivity contribution is -0.141. The SMILES string of the molecule is O=S(=O)(Nc1ccc(F)c(Cl)c1)c1ccc(-c2cc(C(F)(F)F)[nH]n2)s1. The Morgan fingerprint density at radius 1 is 1.15 bits per heavy atom. The number of thiophene rings is 1. The van der Waals surface area contributed by atoms with E-state index in [1.165, 1.54) is 18.2 Å². The van der Waals surface area contributed by atoms with E-state index >= 15 is 0 Å². The van der Waals surface area contributed by atoms with Gasteiger partial charge in [-0.25, -0.2) is 12.8 Å². The van der Waals surface area contributed by atoms with Crippen LogP contribution in [0.3, 0.4) is 0 Å². The van der Waals surface area contributed by atoms with Crippen LogP contribution in [0, 0.1) is 5.82 Å². The van der Waals surface area contributed by atoms with E-state index in [4.69, 9.17) is 11.6 Å². The molecule has 2 heterocycles. The van der Waals surface area contributed by atoms with Gasteiger partial charge in [0.25, 0.3) is 10.0 Å². The molecule has 0 amide bonds. The van der Waals surface area contributed by atoms with Gasteiger partial charge in [-0.05, 0) is 36.4 Å². The standard InChI is InChI=1S/C14H8ClF4N3O2S2/c15-8-5-7(1-2-9(8)16)22-26(23,24)13-4-3-11(25-13)10-6-12(21-20-10)14(17,18)19/h1-6,22H,(H,20,21). The van der Waals surface area contributed by atoms with E-state index in [1.807, 2.05) is 5.10 Å². The quantitative estimate of drug-likeness (QED) is 0.592. The first-order valence-electron chi connectivity index (χ1n) is 6.77. The van der Waals surface area contributed by atoms with E-state index < -0.39 is 27.7 Å². The van der Waals surface area contributed by atoms with Crippen molar-refractivity contribution < 1.29 is 26.0 Å². The van der Waals surface area contributed by atoms with E-state index in [0.717, 1.165) is 29.5 Å². The Kier molecular flexibility index (Phi) is 4.71. The predicted molar refractivity (Wildman–Crippen MR) is 89.1 cm³/mol. The maximum absolute atomic E-state index is 13.1. The summed E-state index contributed by atoms with van der Waals surface area (Å²) >= 11 is 6.34. The summed E-state index contributed by atoms with van der Waals surface area (Å²) in [4.78, 5) is 0.231. The number of nitrogens with one attached hydrogen (secondary N) is 2. The highest BCUT2D eigenvalue weighted by Crippen LogP contribution is 2.34. The van der Waals surface area contributed by atoms with Crippen molar-refractivity contribution in [3.63, 3.8) is 0 Å². The molecule has 0 saturated carbocycles. The van der Waals surface area contributed by atoms with E-state index in [-0.39, 0.29) is 25.5 Å². The van der Waals surface area contributed by atoms with Crippen LogP contribution in [0.4, 0.5) is 23.2 Å². The molecule has 0 spiro atoms. The lowest BCUT2D eigenvalue weighted by atomic mass is 10.3. The second kappa shape index (κ2) is 6.56. The van der Waals surface area contributed by atoms with Crippen molar-refractivity contribution in [3.8, 4) is 10.6 Å². The molecule has 0 aliphatic heterocycles. The molecular weight excluding hydrogens is 418 g/mol. The topological polar surface area (TPSA) is 74.8 Å². The summed E-state index contributed by atoms with van der Waals surface area (Å²) in [6.45, 7) is 0. The van der Waals surface area contributed by atoms with Gasteiger partial charge in [-0.2, -0.15) is 18.3 Å². The van der Waals surface area contributed by atoms with Gasteiger partial charge < -0.3 is 0 Å². The first-order chi connectivity index (χ1) is 12.1. The predicted octanol–water partition coefficient (Wildman–Crippen LogP) is 4.75. The Morgan fingerprint density at radius 2 is 1.88 bits per heavy atom. The number of sulfonamides is 1. The molecule has 0 atom stereocenters. The number of H-pyrrole nitrogens is 1. The van der Waals surface area contributed by atoms with Crippen molar-refractivity contribution in [1.29, 1.82) is 0 Å². The molecule has 0 unspecified atom stereocenters. The summed E-state index contributed by atoms with van der Waals surface area (Å²) in [6.07, 6.45) is -4.58. The third-order valence-corrected chi connectivity index (χ3v) is 6.42. The second-order valence-electron chi connectivity index (χ2n) is 5.02. The summed E-state index contributed by atoms with van der Waals surface area (Å²) in [5, 5.41) is 5.15. The Morgan fingerprint density at radius 3 is 2.50 bits per heavy atom. The van der Waals surface area contributed by atoms with Gasteiger partial charge in [-0.3, -0.25) is 9.82 Å². The molecule has 138 valence electrons. The molecule has 12 heteroatoms. The molecule has 0 saturated heterocycles. The van der Waals surface area contributed by atoms with Gasteiger partial charge in [0, 0.05) is 0 Å². The largest absolute Gasteiger partial charge is 0.432 e. The van der Waals surface area contributed by atoms with Crippen LogP contribution in [0.15, 0.2) is 40.6 Å². The number of nitrogens with zero attached hydrogens (tertiary/aromatic N) is 1. The van der Waals surface area contributed by atoms with Crippen molar-refractivity contribution >= 4 is 38.6 Å². The monoisotopic (exact) mass is 425 g/mol. The Hall–Kier alpha value is -2.11. The lowest BCUT2D eigenvalue weighted by Crippen LogP contribution is -2.11. The summed E-state index contributed by atoms with van der Waals surface area (Å²) in [6, 6.07) is 6.66. The summed E-state index contributed by atoms with van der Waals surface area (Å²) in [5.41, 5.74) is -1.02. The molecule has 1 aromatic carbocycles. The van der Waals surface area contributed by atoms with Crippen molar-refractivity contribution in [2.45, 2.75) is 10.4 Å². The first kappa shape index (κ1) is 18.7. The van der Waals surface area contributed by atoms with E-state index in [2.05, 4.69) is 9.82 Å². The zero-order valence-electron chi connectivity index (χ0n) is 12.4. The molecule has 26 heavy (non-hydrogen) atoms. The number of hydrogen-bond acceptors (Lipinski definition) is 4. The molecule has 0 aliphatic rings. The number of hydrogen-bond donors (Lipinski definition) is 2. The van der Waals surface area contributed by atoms with Crippen LogP contribution in [0.2, 0.25) is 5.02 Å². The summed E-state index contributed by atoms with van der Waals surface area (Å²) in [7, 11) is -4.02. The van der Waals surface area contributed by atoms with Crippen LogP contribution < -0.4 is 4.72 Å². The fourth-order valence-corrected chi connectivity index (χ4v) is 4.46. The maximum atomic E-state index is 13.1. The van der Waals surface area contributed by atoms with Crippen LogP contribution in [0.25, 0.3) is 10.6 Å². The average Bonchev–Trinajstić information content (AvgIpc) is 3.18. The Balaban J connectivity index is 1.86. The van der Waals surface area contributed by atoms with Crippen LogP contribution in [-0.2, 0) is 16.2 Å². The van der Waals surface area contributed by atoms with E-state index in [0.29, 0.717) is 0 Å². The average molecular weight is 426 g/mol. The Bertz CT molecular complexity index is 1060. The van der Waals surface area contributed by atoms with Crippen molar-refractivity contribution in [1.82, 2.24) is 10.2 Å². The molecule has 5 nitrogen and oxygen atoms in total. The molecule has 0 aliphatic carbocycles. The molecule has 0 bridgehead atoms. The number of anilines is 1. The van der Waals surface area contributed by atoms with Gasteiger partial charge in [0.1, 0.15) is 21.4 Å². The highest BCUT2D eigenvalue weighted by molar-refractivity contribution is 7.94. The number of halogens is 5. The van der Waals surface area contributed by atoms with Crippen molar-refractivity contribution in [3.05, 3.63) is 52.9 Å². The number of benzene rings is 1. The van der Waals surface area contributed by atoms with Crippen molar-refractivity contribution in [2.75, 3.05) is 4.72 Å². The van der Waals surface area contributed by atoms with Gasteiger partial charge in [-0.15, -0.1) is 11.3 Å². The molecule has 0 radical (unpaired) electrons. The second-order valence-corrected chi connectivity index (χ2v) is 8.42. The molecule has 3 aromatic rings. The summed E-state index contributed by atoms with van der Waals surface area (Å²) in [5.74, 6) is -0.702. The van der Waals surface area contributed by atoms with Crippen LogP contribution in [0.1, 0.15) is 5.69 Å². The minimum atomic E-state index is -4.58. The lowest BCUT2D eigenvalue weighted by Gasteiger charge is -2.06. The molecule has 2 N–H and O–H groups in total. The van der Waals surface area contributed by atoms with Gasteiger partial charge in [0.05, 0.1) is 15.6 Å². The van der Waals surface area contributed by atoms with Crippen LogP contribution in [-0.4, -0.2) is 18.6 Å². The summed E-state index contributed by atoms with van der Waals surface area (Å²) < 4.78 is 77.7. The van der Waals surface area contributed by atoms with E-state index in [9.17, 15) is 26.0 Å². The molecule has 2 aromatic heterocycles. The normalized spacial score (nSPS) is 12.3. The van der Waals surface area contributed by atoms with Gasteiger partial charge in [-0.1, -0.05) is 11.6 Å². The van der Waals surface area contributed by atoms with Gasteiger partial charge >= 0.3 is 6.18 Å². The Labute approximate surface area is 153 Å². The fourth-order valence-electron chi connectivity index (χ4n) is 1.96. The first-order valence-corrected chi connectivity index (χ1v) is 9.45. The molecular formula is C14H8ClF4N3O2S2. The van der Waals surface area contributed by atoms with Gasteiger partial charge in [0.2, 0.25) is 0 Å². The number of aromatic nitrogens is 2. The zero-order chi connectivity index (χ0) is 19.1. The smallest absolute Gasteiger partial charge is 0.279 e. The minimum Gasteiger partial charge on any atom is -0.279 e.